The first-order valence-electron chi connectivity index (χ1n) is 7.55. The maximum atomic E-state index is 11.6. The third-order valence-electron chi connectivity index (χ3n) is 3.33. The normalized spacial score (nSPS) is 13.7. The first-order valence-corrected chi connectivity index (χ1v) is 8.70. The van der Waals surface area contributed by atoms with Crippen LogP contribution < -0.4 is 5.73 Å². The van der Waals surface area contributed by atoms with E-state index in [4.69, 9.17) is 10.5 Å². The van der Waals surface area contributed by atoms with Gasteiger partial charge in [-0.1, -0.05) is 36.2 Å². The molecule has 0 spiro atoms. The first kappa shape index (κ1) is 18.1. The highest BCUT2D eigenvalue weighted by molar-refractivity contribution is 7.98. The summed E-state index contributed by atoms with van der Waals surface area (Å²) in [6.07, 6.45) is 2.70. The van der Waals surface area contributed by atoms with Gasteiger partial charge in [0.15, 0.2) is 0 Å². The van der Waals surface area contributed by atoms with E-state index >= 15 is 0 Å². The molecule has 1 atom stereocenters. The minimum absolute atomic E-state index is 0.294. The summed E-state index contributed by atoms with van der Waals surface area (Å²) in [5, 5.41) is 0. The Morgan fingerprint density at radius 3 is 2.81 bits per heavy atom. The quantitative estimate of drug-likeness (QED) is 0.558. The second-order valence-corrected chi connectivity index (χ2v) is 6.74. The third-order valence-corrected chi connectivity index (χ3v) is 4.44. The van der Waals surface area contributed by atoms with Crippen LogP contribution in [0.15, 0.2) is 24.3 Å². The van der Waals surface area contributed by atoms with Gasteiger partial charge in [0.05, 0.1) is 6.61 Å². The van der Waals surface area contributed by atoms with E-state index in [1.165, 1.54) is 11.1 Å². The van der Waals surface area contributed by atoms with E-state index in [2.05, 4.69) is 31.2 Å². The van der Waals surface area contributed by atoms with E-state index < -0.39 is 5.54 Å². The maximum Gasteiger partial charge on any atom is 0.325 e. The first-order chi connectivity index (χ1) is 9.95. The summed E-state index contributed by atoms with van der Waals surface area (Å²) in [6.45, 7) is 6.06. The molecule has 0 aliphatic carbocycles. The monoisotopic (exact) mass is 309 g/mol. The molecule has 118 valence electrons. The predicted octanol–water partition coefficient (Wildman–Crippen LogP) is 3.68. The van der Waals surface area contributed by atoms with Crippen LogP contribution in [0.2, 0.25) is 0 Å². The van der Waals surface area contributed by atoms with E-state index in [1.807, 2.05) is 11.8 Å². The Hall–Kier alpha value is -1.00. The van der Waals surface area contributed by atoms with Crippen molar-refractivity contribution in [1.29, 1.82) is 0 Å². The fraction of sp³-hybridized carbons (Fsp3) is 0.588. The van der Waals surface area contributed by atoms with Crippen LogP contribution in [-0.4, -0.2) is 23.9 Å². The van der Waals surface area contributed by atoms with Gasteiger partial charge >= 0.3 is 5.97 Å². The summed E-state index contributed by atoms with van der Waals surface area (Å²) in [7, 11) is 0. The number of hydrogen-bond donors (Lipinski definition) is 1. The average molecular weight is 309 g/mol. The van der Waals surface area contributed by atoms with Crippen LogP contribution in [0.4, 0.5) is 0 Å². The van der Waals surface area contributed by atoms with Gasteiger partial charge in [0.1, 0.15) is 5.54 Å². The lowest BCUT2D eigenvalue weighted by atomic mass is 9.96. The number of carbonyl (C=O) groups is 1. The second-order valence-electron chi connectivity index (χ2n) is 5.64. The van der Waals surface area contributed by atoms with Gasteiger partial charge in [-0.25, -0.2) is 0 Å². The lowest BCUT2D eigenvalue weighted by molar-refractivity contribution is -0.149. The second kappa shape index (κ2) is 9.11. The van der Waals surface area contributed by atoms with Crippen molar-refractivity contribution in [2.45, 2.75) is 51.3 Å². The molecular formula is C17H27NO2S. The van der Waals surface area contributed by atoms with Crippen LogP contribution in [0, 0.1) is 6.92 Å². The highest BCUT2D eigenvalue weighted by Gasteiger charge is 2.28. The molecule has 1 rings (SSSR count). The molecule has 0 saturated heterocycles. The van der Waals surface area contributed by atoms with Crippen molar-refractivity contribution in [1.82, 2.24) is 0 Å². The highest BCUT2D eigenvalue weighted by Crippen LogP contribution is 2.18. The summed E-state index contributed by atoms with van der Waals surface area (Å²) in [5.74, 6) is 1.84. The minimum Gasteiger partial charge on any atom is -0.465 e. The molecule has 0 aromatic heterocycles. The van der Waals surface area contributed by atoms with E-state index in [0.29, 0.717) is 13.0 Å². The van der Waals surface area contributed by atoms with Crippen LogP contribution in [-0.2, 0) is 15.3 Å². The van der Waals surface area contributed by atoms with Crippen molar-refractivity contribution in [3.63, 3.8) is 0 Å². The van der Waals surface area contributed by atoms with E-state index in [9.17, 15) is 4.79 Å². The lowest BCUT2D eigenvalue weighted by Gasteiger charge is -2.21. The van der Waals surface area contributed by atoms with Gasteiger partial charge in [0, 0.05) is 5.75 Å². The number of thioether (sulfide) groups is 1. The Morgan fingerprint density at radius 2 is 2.14 bits per heavy atom. The molecule has 4 heteroatoms. The van der Waals surface area contributed by atoms with Crippen molar-refractivity contribution >= 4 is 17.7 Å². The molecule has 2 N–H and O–H groups in total. The third kappa shape index (κ3) is 7.00. The van der Waals surface area contributed by atoms with Gasteiger partial charge in [-0.3, -0.25) is 4.79 Å². The standard InChI is InChI=1S/C17H27NO2S/c1-4-20-16(19)17(3,18)10-5-6-11-21-13-15-9-7-8-14(2)12-15/h7-9,12H,4-6,10-11,13,18H2,1-3H3. The molecule has 1 aromatic carbocycles. The number of unbranched alkanes of at least 4 members (excludes halogenated alkanes) is 1. The Labute approximate surface area is 132 Å². The van der Waals surface area contributed by atoms with Crippen LogP contribution in [0.1, 0.15) is 44.2 Å². The van der Waals surface area contributed by atoms with Crippen molar-refractivity contribution in [2.75, 3.05) is 12.4 Å². The SMILES string of the molecule is CCOC(=O)C(C)(N)CCCCSCc1cccc(C)c1. The number of esters is 1. The Kier molecular flexibility index (Phi) is 7.83. The molecule has 1 aromatic rings. The summed E-state index contributed by atoms with van der Waals surface area (Å²) < 4.78 is 4.98. The average Bonchev–Trinajstić information content (AvgIpc) is 2.43. The van der Waals surface area contributed by atoms with Gasteiger partial charge in [0.25, 0.3) is 0 Å². The summed E-state index contributed by atoms with van der Waals surface area (Å²) in [4.78, 5) is 11.6. The molecule has 0 radical (unpaired) electrons. The Balaban J connectivity index is 2.16. The van der Waals surface area contributed by atoms with Crippen LogP contribution in [0.5, 0.6) is 0 Å². The molecule has 0 saturated carbocycles. The number of rotatable bonds is 9. The van der Waals surface area contributed by atoms with Crippen molar-refractivity contribution < 1.29 is 9.53 Å². The maximum absolute atomic E-state index is 11.6. The minimum atomic E-state index is -0.850. The smallest absolute Gasteiger partial charge is 0.325 e. The van der Waals surface area contributed by atoms with Gasteiger partial charge in [0.2, 0.25) is 0 Å². The lowest BCUT2D eigenvalue weighted by Crippen LogP contribution is -2.46. The van der Waals surface area contributed by atoms with Crippen molar-refractivity contribution in [3.8, 4) is 0 Å². The fourth-order valence-electron chi connectivity index (χ4n) is 2.09. The molecule has 0 aliphatic heterocycles. The van der Waals surface area contributed by atoms with Gasteiger partial charge < -0.3 is 10.5 Å². The van der Waals surface area contributed by atoms with Crippen LogP contribution >= 0.6 is 11.8 Å². The Bertz CT molecular complexity index is 446. The van der Waals surface area contributed by atoms with E-state index in [0.717, 1.165) is 24.3 Å². The highest BCUT2D eigenvalue weighted by atomic mass is 32.2. The molecule has 0 bridgehead atoms. The topological polar surface area (TPSA) is 52.3 Å². The molecule has 0 aliphatic rings. The summed E-state index contributed by atoms with van der Waals surface area (Å²) in [5.41, 5.74) is 7.81. The van der Waals surface area contributed by atoms with E-state index in [1.54, 1.807) is 13.8 Å². The number of benzene rings is 1. The molecule has 0 amide bonds. The molecule has 0 fully saturated rings. The zero-order valence-electron chi connectivity index (χ0n) is 13.4. The summed E-state index contributed by atoms with van der Waals surface area (Å²) in [6, 6.07) is 8.61. The predicted molar refractivity (Wildman–Crippen MR) is 90.4 cm³/mol. The molecule has 3 nitrogen and oxygen atoms in total. The molecule has 21 heavy (non-hydrogen) atoms. The number of nitrogens with two attached hydrogens (primary N) is 1. The van der Waals surface area contributed by atoms with Gasteiger partial charge in [-0.15, -0.1) is 0 Å². The largest absolute Gasteiger partial charge is 0.465 e. The van der Waals surface area contributed by atoms with Crippen molar-refractivity contribution in [2.24, 2.45) is 5.73 Å². The number of ether oxygens (including phenoxy) is 1. The molecule has 0 heterocycles. The van der Waals surface area contributed by atoms with Crippen molar-refractivity contribution in [3.05, 3.63) is 35.4 Å². The molecule has 1 unspecified atom stereocenters. The Morgan fingerprint density at radius 1 is 1.38 bits per heavy atom. The van der Waals surface area contributed by atoms with E-state index in [-0.39, 0.29) is 5.97 Å². The zero-order valence-corrected chi connectivity index (χ0v) is 14.2. The number of aryl methyl sites for hydroxylation is 1. The number of hydrogen-bond acceptors (Lipinski definition) is 4. The zero-order chi connectivity index (χ0) is 15.7. The fourth-order valence-corrected chi connectivity index (χ4v) is 3.05. The molecular weight excluding hydrogens is 282 g/mol. The van der Waals surface area contributed by atoms with Crippen LogP contribution in [0.25, 0.3) is 0 Å². The summed E-state index contributed by atoms with van der Waals surface area (Å²) >= 11 is 1.93. The van der Waals surface area contributed by atoms with Crippen LogP contribution in [0.3, 0.4) is 0 Å². The van der Waals surface area contributed by atoms with Gasteiger partial charge in [-0.2, -0.15) is 11.8 Å². The van der Waals surface area contributed by atoms with Gasteiger partial charge in [-0.05, 0) is 44.9 Å². The number of carbonyl (C=O) groups excluding carboxylic acids is 1.